The molecule has 0 unspecified atom stereocenters. The Morgan fingerprint density at radius 3 is 2.11 bits per heavy atom. The molecule has 1 aromatic heterocycles. The van der Waals surface area contributed by atoms with Crippen molar-refractivity contribution in [3.05, 3.63) is 118 Å². The average molecular weight is 622 g/mol. The summed E-state index contributed by atoms with van der Waals surface area (Å²) in [5.74, 6) is -1.53. The van der Waals surface area contributed by atoms with Crippen molar-refractivity contribution in [2.24, 2.45) is 7.05 Å². The smallest absolute Gasteiger partial charge is 0.378 e. The van der Waals surface area contributed by atoms with Crippen LogP contribution in [-0.2, 0) is 18.0 Å². The van der Waals surface area contributed by atoms with Gasteiger partial charge in [0.25, 0.3) is 5.56 Å². The number of benzene rings is 4. The highest BCUT2D eigenvalue weighted by atomic mass is 19.4. The number of carbonyl (C=O) groups excluding carboxylic acids is 1. The molecule has 5 aromatic rings. The van der Waals surface area contributed by atoms with E-state index < -0.39 is 28.9 Å². The van der Waals surface area contributed by atoms with Crippen LogP contribution in [0.25, 0.3) is 38.5 Å². The second kappa shape index (κ2) is 12.9. The van der Waals surface area contributed by atoms with Gasteiger partial charge >= 0.3 is 6.18 Å². The van der Waals surface area contributed by atoms with Gasteiger partial charge in [-0.1, -0.05) is 55.1 Å². The molecule has 0 fully saturated rings. The molecule has 1 heterocycles. The number of pyridine rings is 1. The molecule has 10 heteroatoms. The number of hydrogen-bond acceptors (Lipinski definition) is 4. The van der Waals surface area contributed by atoms with Crippen LogP contribution in [0.5, 0.6) is 0 Å². The largest absolute Gasteiger partial charge is 0.417 e. The number of aryl methyl sites for hydroxylation is 2. The van der Waals surface area contributed by atoms with Crippen molar-refractivity contribution in [2.45, 2.75) is 20.0 Å². The number of ketones is 1. The predicted octanol–water partition coefficient (Wildman–Crippen LogP) is 7.87. The zero-order chi connectivity index (χ0) is 33.2. The molecule has 4 aromatic carbocycles. The summed E-state index contributed by atoms with van der Waals surface area (Å²) in [7, 11) is 5.12. The van der Waals surface area contributed by atoms with E-state index in [1.54, 1.807) is 55.4 Å². The minimum Gasteiger partial charge on any atom is -0.378 e. The Bertz CT molecular complexity index is 1970. The Balaban J connectivity index is 0.000000259. The Morgan fingerprint density at radius 1 is 0.911 bits per heavy atom. The van der Waals surface area contributed by atoms with Crippen molar-refractivity contribution < 1.29 is 26.7 Å². The molecule has 0 atom stereocenters. The third-order valence-electron chi connectivity index (χ3n) is 7.41. The SMILES string of the molecule is C=C(NCC(C)=O)c1c(F)cccc1F.Cc1cccc2c(-c3c(C(F)(F)F)c4ccc(N(C)C)cc4n(C)c3=O)cccc12. The van der Waals surface area contributed by atoms with Crippen LogP contribution in [0.4, 0.5) is 27.6 Å². The van der Waals surface area contributed by atoms with Crippen molar-refractivity contribution in [1.29, 1.82) is 0 Å². The van der Waals surface area contributed by atoms with E-state index in [0.717, 1.165) is 28.8 Å². The normalized spacial score (nSPS) is 11.2. The fourth-order valence-corrected chi connectivity index (χ4v) is 5.14. The molecule has 0 saturated heterocycles. The Hall–Kier alpha value is -4.99. The second-order valence-electron chi connectivity index (χ2n) is 10.8. The quantitative estimate of drug-likeness (QED) is 0.196. The van der Waals surface area contributed by atoms with Gasteiger partial charge in [0, 0.05) is 37.9 Å². The Morgan fingerprint density at radius 2 is 1.51 bits per heavy atom. The highest BCUT2D eigenvalue weighted by Crippen LogP contribution is 2.42. The summed E-state index contributed by atoms with van der Waals surface area (Å²) < 4.78 is 70.8. The summed E-state index contributed by atoms with van der Waals surface area (Å²) in [6, 6.07) is 18.9. The molecule has 234 valence electrons. The fraction of sp³-hybridized carbons (Fsp3) is 0.200. The van der Waals surface area contributed by atoms with Crippen molar-refractivity contribution in [2.75, 3.05) is 25.5 Å². The summed E-state index contributed by atoms with van der Waals surface area (Å²) in [6.45, 7) is 6.76. The van der Waals surface area contributed by atoms with Gasteiger partial charge in [-0.2, -0.15) is 13.2 Å². The first kappa shape index (κ1) is 32.9. The van der Waals surface area contributed by atoms with E-state index in [9.17, 15) is 31.5 Å². The molecular weight excluding hydrogens is 589 g/mol. The summed E-state index contributed by atoms with van der Waals surface area (Å²) in [6.07, 6.45) is -4.69. The van der Waals surface area contributed by atoms with Gasteiger partial charge in [0.15, 0.2) is 0 Å². The zero-order valence-corrected chi connectivity index (χ0v) is 25.4. The maximum absolute atomic E-state index is 14.4. The van der Waals surface area contributed by atoms with Crippen LogP contribution in [0, 0.1) is 18.6 Å². The molecular formula is C35H32F5N3O2. The van der Waals surface area contributed by atoms with Crippen LogP contribution in [0.1, 0.15) is 23.6 Å². The van der Waals surface area contributed by atoms with Gasteiger partial charge in [-0.25, -0.2) is 8.78 Å². The number of aromatic nitrogens is 1. The van der Waals surface area contributed by atoms with E-state index >= 15 is 0 Å². The Kier molecular flexibility index (Phi) is 9.46. The number of Topliss-reactive ketones (excluding diaryl/α,β-unsaturated/α-hetero) is 1. The number of hydrogen-bond donors (Lipinski definition) is 1. The minimum atomic E-state index is -4.69. The lowest BCUT2D eigenvalue weighted by atomic mass is 9.91. The standard InChI is InChI=1S/C24H21F3N2O.C11H11F2NO/c1-14-7-5-9-17-16(14)8-6-10-18(17)21-22(24(25,26)27)19-12-11-15(28(2)3)13-20(19)29(4)23(21)30;1-7(15)6-14-8(2)11-9(12)4-3-5-10(11)13/h5-13H,1-4H3;3-5,14H,2,6H2,1H3. The van der Waals surface area contributed by atoms with E-state index in [4.69, 9.17) is 0 Å². The monoisotopic (exact) mass is 621 g/mol. The van der Waals surface area contributed by atoms with E-state index in [1.807, 2.05) is 19.1 Å². The number of alkyl halides is 3. The number of halogens is 5. The molecule has 0 saturated carbocycles. The highest BCUT2D eigenvalue weighted by molar-refractivity contribution is 6.01. The number of nitrogens with zero attached hydrogens (tertiary/aromatic N) is 2. The summed E-state index contributed by atoms with van der Waals surface area (Å²) in [5.41, 5.74) is 0.183. The molecule has 1 N–H and O–H groups in total. The number of rotatable bonds is 6. The molecule has 0 aliphatic heterocycles. The fourth-order valence-electron chi connectivity index (χ4n) is 5.14. The van der Waals surface area contributed by atoms with Crippen LogP contribution < -0.4 is 15.8 Å². The van der Waals surface area contributed by atoms with E-state index in [2.05, 4.69) is 11.9 Å². The van der Waals surface area contributed by atoms with Gasteiger partial charge in [-0.3, -0.25) is 9.59 Å². The van der Waals surface area contributed by atoms with Crippen molar-refractivity contribution in [3.8, 4) is 11.1 Å². The van der Waals surface area contributed by atoms with Crippen molar-refractivity contribution in [1.82, 2.24) is 9.88 Å². The summed E-state index contributed by atoms with van der Waals surface area (Å²) in [5, 5.41) is 4.02. The lowest BCUT2D eigenvalue weighted by Crippen LogP contribution is -2.25. The van der Waals surface area contributed by atoms with Gasteiger partial charge in [-0.15, -0.1) is 0 Å². The number of nitrogens with one attached hydrogen (secondary N) is 1. The van der Waals surface area contributed by atoms with E-state index in [0.29, 0.717) is 10.9 Å². The van der Waals surface area contributed by atoms with Crippen LogP contribution in [-0.4, -0.2) is 31.0 Å². The molecule has 0 amide bonds. The van der Waals surface area contributed by atoms with E-state index in [1.165, 1.54) is 30.7 Å². The van der Waals surface area contributed by atoms with Crippen LogP contribution >= 0.6 is 0 Å². The van der Waals surface area contributed by atoms with Gasteiger partial charge in [0.05, 0.1) is 28.8 Å². The maximum Gasteiger partial charge on any atom is 0.417 e. The third kappa shape index (κ3) is 6.74. The summed E-state index contributed by atoms with van der Waals surface area (Å²) in [4.78, 5) is 25.8. The topological polar surface area (TPSA) is 54.3 Å². The first-order valence-electron chi connectivity index (χ1n) is 13.9. The minimum absolute atomic E-state index is 0.00656. The molecule has 0 aliphatic rings. The van der Waals surface area contributed by atoms with Gasteiger partial charge in [0.2, 0.25) is 0 Å². The molecule has 5 nitrogen and oxygen atoms in total. The first-order valence-corrected chi connectivity index (χ1v) is 13.9. The van der Waals surface area contributed by atoms with Gasteiger partial charge in [0.1, 0.15) is 17.4 Å². The zero-order valence-electron chi connectivity index (χ0n) is 25.4. The second-order valence-corrected chi connectivity index (χ2v) is 10.8. The van der Waals surface area contributed by atoms with Crippen molar-refractivity contribution in [3.63, 3.8) is 0 Å². The molecule has 45 heavy (non-hydrogen) atoms. The number of anilines is 1. The first-order chi connectivity index (χ1) is 21.1. The highest BCUT2D eigenvalue weighted by Gasteiger charge is 2.38. The predicted molar refractivity (Wildman–Crippen MR) is 170 cm³/mol. The van der Waals surface area contributed by atoms with Gasteiger partial charge in [-0.05, 0) is 60.0 Å². The maximum atomic E-state index is 14.4. The lowest BCUT2D eigenvalue weighted by molar-refractivity contribution is -0.135. The Labute approximate surface area is 257 Å². The molecule has 0 spiro atoms. The number of carbonyl (C=O) groups is 1. The van der Waals surface area contributed by atoms with Gasteiger partial charge < -0.3 is 14.8 Å². The summed E-state index contributed by atoms with van der Waals surface area (Å²) >= 11 is 0. The van der Waals surface area contributed by atoms with E-state index in [-0.39, 0.29) is 40.1 Å². The van der Waals surface area contributed by atoms with Crippen molar-refractivity contribution >= 4 is 38.8 Å². The molecule has 0 radical (unpaired) electrons. The molecule has 5 rings (SSSR count). The molecule has 0 aliphatic carbocycles. The average Bonchev–Trinajstić information content (AvgIpc) is 2.97. The lowest BCUT2D eigenvalue weighted by Gasteiger charge is -2.21. The van der Waals surface area contributed by atoms with Crippen LogP contribution in [0.2, 0.25) is 0 Å². The molecule has 0 bridgehead atoms. The third-order valence-corrected chi connectivity index (χ3v) is 7.41. The number of fused-ring (bicyclic) bond motifs is 2. The van der Waals surface area contributed by atoms with Crippen LogP contribution in [0.3, 0.4) is 0 Å². The van der Waals surface area contributed by atoms with Crippen LogP contribution in [0.15, 0.2) is 84.2 Å².